The van der Waals surface area contributed by atoms with Crippen LogP contribution in [0.15, 0.2) is 170 Å². The van der Waals surface area contributed by atoms with Crippen LogP contribution in [-0.2, 0) is 59.7 Å². The summed E-state index contributed by atoms with van der Waals surface area (Å²) in [4.78, 5) is 0. The number of hydrogen-bond acceptors (Lipinski definition) is 0. The van der Waals surface area contributed by atoms with E-state index >= 15 is 0 Å². The minimum Gasteiger partial charge on any atom is -0.201 e. The van der Waals surface area contributed by atoms with Crippen molar-refractivity contribution in [3.05, 3.63) is 231 Å². The van der Waals surface area contributed by atoms with Crippen molar-refractivity contribution in [1.29, 1.82) is 0 Å². The topological polar surface area (TPSA) is 11.6 Å². The van der Waals surface area contributed by atoms with E-state index in [0.717, 1.165) is 0 Å². The molecule has 6 aliphatic rings. The summed E-state index contributed by atoms with van der Waals surface area (Å²) in [5, 5.41) is 0. The first-order valence-electron chi connectivity index (χ1n) is 33.3. The van der Waals surface area contributed by atoms with Crippen molar-refractivity contribution in [2.24, 2.45) is 37.4 Å². The molecule has 0 unspecified atom stereocenters. The van der Waals surface area contributed by atoms with Gasteiger partial charge in [-0.05, 0) is 242 Å². The van der Waals surface area contributed by atoms with Crippen LogP contribution in [0.5, 0.6) is 0 Å². The summed E-state index contributed by atoms with van der Waals surface area (Å²) in [6.07, 6.45) is 36.1. The van der Waals surface area contributed by atoms with Gasteiger partial charge in [0.1, 0.15) is 21.1 Å². The van der Waals surface area contributed by atoms with Crippen LogP contribution < -0.4 is 13.7 Å². The largest absolute Gasteiger partial charge is 0.213 e. The number of aromatic nitrogens is 3. The monoisotopic (exact) mass is 1130 g/mol. The van der Waals surface area contributed by atoms with Crippen LogP contribution in [0, 0.1) is 50.9 Å². The van der Waals surface area contributed by atoms with Crippen LogP contribution >= 0.6 is 0 Å². The van der Waals surface area contributed by atoms with Gasteiger partial charge in [-0.15, -0.1) is 0 Å². The molecule has 9 aromatic rings. The molecule has 3 spiro atoms. The summed E-state index contributed by atoms with van der Waals surface area (Å²) < 4.78 is 6.81. The van der Waals surface area contributed by atoms with Gasteiger partial charge in [-0.2, -0.15) is 0 Å². The molecule has 3 heteroatoms. The van der Waals surface area contributed by atoms with Gasteiger partial charge in [-0.25, -0.2) is 13.7 Å². The molecule has 86 heavy (non-hydrogen) atoms. The molecule has 0 bridgehead atoms. The van der Waals surface area contributed by atoms with Gasteiger partial charge in [-0.1, -0.05) is 154 Å². The van der Waals surface area contributed by atoms with E-state index in [-0.39, 0.29) is 0 Å². The molecule has 0 aliphatic heterocycles. The van der Waals surface area contributed by atoms with Crippen LogP contribution in [0.4, 0.5) is 0 Å². The fourth-order valence-electron chi connectivity index (χ4n) is 17.2. The summed E-state index contributed by atoms with van der Waals surface area (Å²) >= 11 is 0. The second-order valence-corrected chi connectivity index (χ2v) is 28.2. The Kier molecular flexibility index (Phi) is 16.2. The Bertz CT molecular complexity index is 3980. The summed E-state index contributed by atoms with van der Waals surface area (Å²) in [5.41, 5.74) is 34.0. The zero-order valence-electron chi connectivity index (χ0n) is 53.4. The number of fused-ring (bicyclic) bond motifs is 3. The molecule has 3 saturated carbocycles. The molecule has 0 saturated heterocycles. The zero-order chi connectivity index (χ0) is 59.2. The highest BCUT2D eigenvalue weighted by Crippen LogP contribution is 2.51. The van der Waals surface area contributed by atoms with Gasteiger partial charge in [0, 0.05) is 52.1 Å². The Morgan fingerprint density at radius 2 is 0.640 bits per heavy atom. The molecule has 3 nitrogen and oxygen atoms in total. The first kappa shape index (κ1) is 57.8. The van der Waals surface area contributed by atoms with E-state index < -0.39 is 0 Å². The van der Waals surface area contributed by atoms with Crippen molar-refractivity contribution in [3.63, 3.8) is 0 Å². The zero-order valence-corrected chi connectivity index (χ0v) is 53.4. The van der Waals surface area contributed by atoms with Crippen LogP contribution in [0.25, 0.3) is 67.2 Å². The van der Waals surface area contributed by atoms with Gasteiger partial charge in [0.2, 0.25) is 17.1 Å². The Labute approximate surface area is 516 Å². The summed E-state index contributed by atoms with van der Waals surface area (Å²) in [6, 6.07) is 57.1. The highest BCUT2D eigenvalue weighted by Gasteiger charge is 2.40. The average Bonchev–Trinajstić information content (AvgIpc) is 2.44. The molecular weight excluding hydrogens is 1040 g/mol. The molecule has 0 radical (unpaired) electrons. The highest BCUT2D eigenvalue weighted by atomic mass is 14.9. The minimum absolute atomic E-state index is 0.594. The molecule has 3 heterocycles. The first-order valence-corrected chi connectivity index (χ1v) is 33.3. The van der Waals surface area contributed by atoms with E-state index in [0.29, 0.717) is 16.2 Å². The SMILES string of the molecule is Cc1cc(-c2ccccc2C)[n+](C)cc1-c1ccc2c(c1)CCC1(CCCC1)C2.Cc1cc(-c2ccccc2C)[n+](C)cc1-c1ccc2c(c1)CCC1(CCCCC1)C2.Cc1ccccc1-c1cc(-c2ccc3c(c2)CC2(CCCC2)C3)cc[n+]1C. The first-order chi connectivity index (χ1) is 41.7. The van der Waals surface area contributed by atoms with Crippen LogP contribution in [0.2, 0.25) is 0 Å². The molecule has 0 N–H and O–H groups in total. The predicted octanol–water partition coefficient (Wildman–Crippen LogP) is 19.2. The standard InChI is InChI=1S/C29H34N.C28H32N.C26H28N/c1-21-9-5-6-10-26(21)28-17-22(2)27(20-30(28)3)24-11-12-25-19-29(14-7-4-8-15-29)16-13-23(25)18-24;1-20-8-4-5-9-25(20)27-16-21(2)26(19-29(27)3)23-10-11-24-18-28(13-6-7-14-28)15-12-22(24)17-23;1-19-7-3-4-8-24(19)25-16-21(11-14-27(25)2)20-9-10-22-17-26(12-5-6-13-26)18-23(22)15-20/h5-6,9-12,17-18,20H,4,7-8,13-16,19H2,1-3H3;4-5,8-11,16-17,19H,6-7,12-15,18H2,1-3H3;3-4,7-11,14-16H,5-6,12-13,17-18H2,1-2H3/q3*+1. The second-order valence-electron chi connectivity index (χ2n) is 28.2. The lowest BCUT2D eigenvalue weighted by Crippen LogP contribution is -2.32. The van der Waals surface area contributed by atoms with Gasteiger partial charge in [-0.3, -0.25) is 0 Å². The Balaban J connectivity index is 0.000000120. The van der Waals surface area contributed by atoms with Crippen molar-refractivity contribution >= 4 is 0 Å². The number of pyridine rings is 3. The van der Waals surface area contributed by atoms with E-state index in [4.69, 9.17) is 0 Å². The van der Waals surface area contributed by atoms with Gasteiger partial charge in [0.25, 0.3) is 0 Å². The van der Waals surface area contributed by atoms with E-state index in [1.54, 1.807) is 33.4 Å². The number of nitrogens with zero attached hydrogens (tertiary/aromatic N) is 3. The molecule has 6 aromatic carbocycles. The predicted molar refractivity (Wildman–Crippen MR) is 358 cm³/mol. The van der Waals surface area contributed by atoms with E-state index in [1.165, 1.54) is 230 Å². The van der Waals surface area contributed by atoms with Crippen LogP contribution in [-0.4, -0.2) is 0 Å². The fraction of sp³-hybridized carbons (Fsp3) is 0.386. The number of rotatable bonds is 6. The van der Waals surface area contributed by atoms with E-state index in [2.05, 4.69) is 240 Å². The third-order valence-corrected chi connectivity index (χ3v) is 22.3. The van der Waals surface area contributed by atoms with Gasteiger partial charge in [0.15, 0.2) is 18.6 Å². The summed E-state index contributed by atoms with van der Waals surface area (Å²) in [7, 11) is 6.49. The molecule has 6 aliphatic carbocycles. The molecule has 0 amide bonds. The van der Waals surface area contributed by atoms with Crippen molar-refractivity contribution in [2.45, 2.75) is 169 Å². The Hall–Kier alpha value is -7.23. The van der Waals surface area contributed by atoms with Crippen LogP contribution in [0.1, 0.15) is 158 Å². The molecular formula is C83H94N3+3. The third-order valence-electron chi connectivity index (χ3n) is 22.3. The van der Waals surface area contributed by atoms with Crippen molar-refractivity contribution < 1.29 is 13.7 Å². The number of hydrogen-bond donors (Lipinski definition) is 0. The average molecular weight is 1130 g/mol. The van der Waals surface area contributed by atoms with E-state index in [1.807, 2.05) is 0 Å². The normalized spacial score (nSPS) is 17.5. The summed E-state index contributed by atoms with van der Waals surface area (Å²) in [5.74, 6) is 0. The molecule has 438 valence electrons. The number of benzene rings is 6. The maximum absolute atomic E-state index is 2.49. The van der Waals surface area contributed by atoms with Crippen molar-refractivity contribution in [3.8, 4) is 67.2 Å². The summed E-state index contributed by atoms with van der Waals surface area (Å²) in [6.45, 7) is 11.1. The Morgan fingerprint density at radius 1 is 0.279 bits per heavy atom. The van der Waals surface area contributed by atoms with Gasteiger partial charge in [0.05, 0.1) is 0 Å². The lowest BCUT2D eigenvalue weighted by Gasteiger charge is -2.41. The molecule has 3 aromatic heterocycles. The smallest absolute Gasteiger partial charge is 0.201 e. The van der Waals surface area contributed by atoms with Crippen molar-refractivity contribution in [1.82, 2.24) is 0 Å². The third kappa shape index (κ3) is 11.7. The maximum Gasteiger partial charge on any atom is 0.213 e. The van der Waals surface area contributed by atoms with E-state index in [9.17, 15) is 0 Å². The maximum atomic E-state index is 2.49. The fourth-order valence-corrected chi connectivity index (χ4v) is 17.2. The molecule has 15 rings (SSSR count). The Morgan fingerprint density at radius 3 is 1.10 bits per heavy atom. The molecule has 0 atom stereocenters. The highest BCUT2D eigenvalue weighted by molar-refractivity contribution is 5.74. The lowest BCUT2D eigenvalue weighted by atomic mass is 9.64. The minimum atomic E-state index is 0.594. The quantitative estimate of drug-likeness (QED) is 0.147. The van der Waals surface area contributed by atoms with Crippen molar-refractivity contribution in [2.75, 3.05) is 0 Å². The second kappa shape index (κ2) is 24.1. The van der Waals surface area contributed by atoms with Crippen LogP contribution in [0.3, 0.4) is 0 Å². The number of aryl methyl sites for hydroxylation is 10. The van der Waals surface area contributed by atoms with Gasteiger partial charge < -0.3 is 0 Å². The molecule has 3 fully saturated rings. The lowest BCUT2D eigenvalue weighted by molar-refractivity contribution is -0.660. The van der Waals surface area contributed by atoms with Gasteiger partial charge >= 0.3 is 0 Å².